The molecule has 1 rings (SSSR count). The maximum Gasteiger partial charge on any atom is 0.325 e. The van der Waals surface area contributed by atoms with Crippen molar-refractivity contribution in [1.82, 2.24) is 5.32 Å². The number of methoxy groups -OCH3 is 1. The van der Waals surface area contributed by atoms with Crippen LogP contribution >= 0.6 is 11.8 Å². The van der Waals surface area contributed by atoms with Gasteiger partial charge in [0.25, 0.3) is 0 Å². The van der Waals surface area contributed by atoms with Gasteiger partial charge in [-0.25, -0.2) is 4.39 Å². The van der Waals surface area contributed by atoms with Gasteiger partial charge in [0.2, 0.25) is 0 Å². The van der Waals surface area contributed by atoms with Crippen LogP contribution in [0, 0.1) is 5.82 Å². The van der Waals surface area contributed by atoms with E-state index in [2.05, 4.69) is 5.32 Å². The van der Waals surface area contributed by atoms with Gasteiger partial charge in [-0.3, -0.25) is 4.79 Å². The number of halogens is 1. The standard InChI is InChI=1S/C15H22FNO2S/c1-4-17-15(2,14(18)19-3)9-6-10-20-13-8-5-7-12(16)11-13/h5,7-8,11,17H,4,6,9-10H2,1-3H3. The summed E-state index contributed by atoms with van der Waals surface area (Å²) in [5.41, 5.74) is -0.647. The normalized spacial score (nSPS) is 13.8. The number of likely N-dealkylation sites (N-methyl/N-ethyl adjacent to an activating group) is 1. The molecule has 0 radical (unpaired) electrons. The summed E-state index contributed by atoms with van der Waals surface area (Å²) in [7, 11) is 1.40. The van der Waals surface area contributed by atoms with E-state index >= 15 is 0 Å². The van der Waals surface area contributed by atoms with Crippen LogP contribution in [0.15, 0.2) is 29.2 Å². The number of nitrogens with one attached hydrogen (secondary N) is 1. The van der Waals surface area contributed by atoms with Crippen molar-refractivity contribution in [3.8, 4) is 0 Å². The van der Waals surface area contributed by atoms with Gasteiger partial charge in [0, 0.05) is 4.90 Å². The van der Waals surface area contributed by atoms with E-state index in [9.17, 15) is 9.18 Å². The fourth-order valence-electron chi connectivity index (χ4n) is 2.05. The first-order chi connectivity index (χ1) is 9.51. The van der Waals surface area contributed by atoms with E-state index in [1.165, 1.54) is 19.2 Å². The van der Waals surface area contributed by atoms with E-state index < -0.39 is 5.54 Å². The summed E-state index contributed by atoms with van der Waals surface area (Å²) in [5.74, 6) is 0.374. The Hall–Kier alpha value is -1.07. The molecule has 20 heavy (non-hydrogen) atoms. The van der Waals surface area contributed by atoms with Crippen LogP contribution in [0.1, 0.15) is 26.7 Å². The van der Waals surface area contributed by atoms with Gasteiger partial charge in [-0.1, -0.05) is 13.0 Å². The average Bonchev–Trinajstić information content (AvgIpc) is 2.43. The van der Waals surface area contributed by atoms with Crippen LogP contribution in [0.2, 0.25) is 0 Å². The summed E-state index contributed by atoms with van der Waals surface area (Å²) >= 11 is 1.59. The molecule has 1 aromatic rings. The molecule has 0 spiro atoms. The molecule has 0 aromatic heterocycles. The van der Waals surface area contributed by atoms with Gasteiger partial charge in [-0.2, -0.15) is 0 Å². The van der Waals surface area contributed by atoms with E-state index in [-0.39, 0.29) is 11.8 Å². The Balaban J connectivity index is 2.43. The lowest BCUT2D eigenvalue weighted by Gasteiger charge is -2.27. The van der Waals surface area contributed by atoms with Crippen molar-refractivity contribution in [2.75, 3.05) is 19.4 Å². The first kappa shape index (κ1) is 17.0. The Morgan fingerprint density at radius 1 is 1.50 bits per heavy atom. The summed E-state index contributed by atoms with van der Waals surface area (Å²) in [6, 6.07) is 6.55. The Labute approximate surface area is 124 Å². The monoisotopic (exact) mass is 299 g/mol. The number of rotatable bonds is 8. The van der Waals surface area contributed by atoms with Gasteiger partial charge < -0.3 is 10.1 Å². The highest BCUT2D eigenvalue weighted by Gasteiger charge is 2.32. The maximum atomic E-state index is 13.0. The predicted octanol–water partition coefficient (Wildman–Crippen LogP) is 3.24. The number of carbonyl (C=O) groups is 1. The summed E-state index contributed by atoms with van der Waals surface area (Å²) < 4.78 is 17.9. The zero-order valence-corrected chi connectivity index (χ0v) is 13.1. The molecule has 1 unspecified atom stereocenters. The Morgan fingerprint density at radius 2 is 2.25 bits per heavy atom. The summed E-state index contributed by atoms with van der Waals surface area (Å²) in [6.45, 7) is 4.53. The molecule has 1 atom stereocenters. The minimum atomic E-state index is -0.647. The minimum Gasteiger partial charge on any atom is -0.468 e. The molecule has 112 valence electrons. The molecule has 0 fully saturated rings. The third-order valence-corrected chi connectivity index (χ3v) is 4.17. The van der Waals surface area contributed by atoms with Gasteiger partial charge >= 0.3 is 5.97 Å². The predicted molar refractivity (Wildman–Crippen MR) is 80.5 cm³/mol. The van der Waals surface area contributed by atoms with Gasteiger partial charge in [0.05, 0.1) is 7.11 Å². The largest absolute Gasteiger partial charge is 0.468 e. The van der Waals surface area contributed by atoms with E-state index in [1.807, 2.05) is 19.9 Å². The fraction of sp³-hybridized carbons (Fsp3) is 0.533. The SMILES string of the molecule is CCNC(C)(CCCSc1cccc(F)c1)C(=O)OC. The number of hydrogen-bond acceptors (Lipinski definition) is 4. The van der Waals surface area contributed by atoms with Gasteiger partial charge in [-0.05, 0) is 50.3 Å². The summed E-state index contributed by atoms with van der Waals surface area (Å²) in [4.78, 5) is 12.7. The van der Waals surface area contributed by atoms with Crippen molar-refractivity contribution in [1.29, 1.82) is 0 Å². The first-order valence-electron chi connectivity index (χ1n) is 6.73. The van der Waals surface area contributed by atoms with Crippen molar-refractivity contribution >= 4 is 17.7 Å². The lowest BCUT2D eigenvalue weighted by Crippen LogP contribution is -2.50. The van der Waals surface area contributed by atoms with E-state index in [0.717, 1.165) is 17.1 Å². The summed E-state index contributed by atoms with van der Waals surface area (Å²) in [6.07, 6.45) is 1.54. The van der Waals surface area contributed by atoms with Gasteiger partial charge in [0.1, 0.15) is 11.4 Å². The van der Waals surface area contributed by atoms with E-state index in [4.69, 9.17) is 4.74 Å². The van der Waals surface area contributed by atoms with Gasteiger partial charge in [0.15, 0.2) is 0 Å². The highest BCUT2D eigenvalue weighted by Crippen LogP contribution is 2.22. The Kier molecular flexibility index (Phi) is 7.02. The average molecular weight is 299 g/mol. The molecule has 0 aliphatic heterocycles. The molecule has 0 saturated carbocycles. The summed E-state index contributed by atoms with van der Waals surface area (Å²) in [5, 5.41) is 3.17. The lowest BCUT2D eigenvalue weighted by atomic mass is 9.96. The van der Waals surface area contributed by atoms with Crippen LogP contribution in [0.3, 0.4) is 0 Å². The molecule has 0 bridgehead atoms. The topological polar surface area (TPSA) is 38.3 Å². The number of carbonyl (C=O) groups excluding carboxylic acids is 1. The molecular formula is C15H22FNO2S. The van der Waals surface area contributed by atoms with Gasteiger partial charge in [-0.15, -0.1) is 11.8 Å². The molecule has 1 aromatic carbocycles. The zero-order valence-electron chi connectivity index (χ0n) is 12.2. The molecule has 5 heteroatoms. The van der Waals surface area contributed by atoms with Crippen LogP contribution in [0.4, 0.5) is 4.39 Å². The van der Waals surface area contributed by atoms with Crippen LogP contribution in [0.5, 0.6) is 0 Å². The third-order valence-electron chi connectivity index (χ3n) is 3.09. The molecule has 0 heterocycles. The van der Waals surface area contributed by atoms with Crippen molar-refractivity contribution < 1.29 is 13.9 Å². The second-order valence-corrected chi connectivity index (χ2v) is 5.93. The van der Waals surface area contributed by atoms with E-state index in [0.29, 0.717) is 13.0 Å². The van der Waals surface area contributed by atoms with Crippen molar-refractivity contribution in [2.24, 2.45) is 0 Å². The number of ether oxygens (including phenoxy) is 1. The van der Waals surface area contributed by atoms with Crippen molar-refractivity contribution in [2.45, 2.75) is 37.1 Å². The first-order valence-corrected chi connectivity index (χ1v) is 7.72. The zero-order chi connectivity index (χ0) is 15.0. The number of esters is 1. The van der Waals surface area contributed by atoms with Crippen LogP contribution in [-0.2, 0) is 9.53 Å². The highest BCUT2D eigenvalue weighted by molar-refractivity contribution is 7.99. The van der Waals surface area contributed by atoms with Crippen molar-refractivity contribution in [3.63, 3.8) is 0 Å². The molecule has 0 aliphatic rings. The Bertz CT molecular complexity index is 442. The van der Waals surface area contributed by atoms with Crippen LogP contribution in [-0.4, -0.2) is 30.9 Å². The maximum absolute atomic E-state index is 13.0. The molecule has 0 aliphatic carbocycles. The fourth-order valence-corrected chi connectivity index (χ4v) is 2.95. The number of benzene rings is 1. The van der Waals surface area contributed by atoms with Crippen LogP contribution in [0.25, 0.3) is 0 Å². The molecule has 1 N–H and O–H groups in total. The van der Waals surface area contributed by atoms with E-state index in [1.54, 1.807) is 17.8 Å². The van der Waals surface area contributed by atoms with Crippen LogP contribution < -0.4 is 5.32 Å². The molecule has 3 nitrogen and oxygen atoms in total. The second-order valence-electron chi connectivity index (χ2n) is 4.76. The third kappa shape index (κ3) is 5.13. The number of hydrogen-bond donors (Lipinski definition) is 1. The molecule has 0 saturated heterocycles. The second kappa shape index (κ2) is 8.27. The highest BCUT2D eigenvalue weighted by atomic mass is 32.2. The molecule has 0 amide bonds. The smallest absolute Gasteiger partial charge is 0.325 e. The quantitative estimate of drug-likeness (QED) is 0.454. The minimum absolute atomic E-state index is 0.220. The Morgan fingerprint density at radius 3 is 2.85 bits per heavy atom. The molecular weight excluding hydrogens is 277 g/mol. The number of thioether (sulfide) groups is 1. The lowest BCUT2D eigenvalue weighted by molar-refractivity contribution is -0.148. The van der Waals surface area contributed by atoms with Crippen molar-refractivity contribution in [3.05, 3.63) is 30.1 Å².